The zero-order valence-corrected chi connectivity index (χ0v) is 12.3. The molecule has 0 spiro atoms. The summed E-state index contributed by atoms with van der Waals surface area (Å²) >= 11 is 0. The average molecular weight is 275 g/mol. The van der Waals surface area contributed by atoms with E-state index >= 15 is 0 Å². The summed E-state index contributed by atoms with van der Waals surface area (Å²) in [5.74, 6) is 0.909. The van der Waals surface area contributed by atoms with Crippen molar-refractivity contribution < 1.29 is 4.74 Å². The Labute approximate surface area is 126 Å². The van der Waals surface area contributed by atoms with E-state index in [1.165, 1.54) is 22.3 Å². The molecule has 0 unspecified atom stereocenters. The Kier molecular flexibility index (Phi) is 4.20. The highest BCUT2D eigenvalue weighted by Crippen LogP contribution is 2.27. The zero-order chi connectivity index (χ0) is 14.5. The fraction of sp³-hybridized carbons (Fsp3) is 0.150. The molecule has 0 aromatic heterocycles. The Morgan fingerprint density at radius 3 is 2.43 bits per heavy atom. The van der Waals surface area contributed by atoms with Crippen molar-refractivity contribution in [3.05, 3.63) is 89.9 Å². The molecule has 1 aliphatic carbocycles. The molecule has 1 nitrogen and oxygen atoms in total. The summed E-state index contributed by atoms with van der Waals surface area (Å²) in [7, 11) is 0. The molecule has 0 N–H and O–H groups in total. The Morgan fingerprint density at radius 1 is 0.952 bits per heavy atom. The van der Waals surface area contributed by atoms with E-state index < -0.39 is 0 Å². The van der Waals surface area contributed by atoms with Crippen LogP contribution in [0, 0.1) is 6.42 Å². The molecule has 0 fully saturated rings. The van der Waals surface area contributed by atoms with Gasteiger partial charge >= 0.3 is 0 Å². The van der Waals surface area contributed by atoms with Gasteiger partial charge in [-0.15, -0.1) is 0 Å². The zero-order valence-electron chi connectivity index (χ0n) is 12.3. The average Bonchev–Trinajstić information content (AvgIpc) is 2.54. The molecule has 1 heteroatoms. The van der Waals surface area contributed by atoms with Crippen molar-refractivity contribution in [2.24, 2.45) is 0 Å². The maximum atomic E-state index is 5.81. The smallest absolute Gasteiger partial charge is 0.119 e. The van der Waals surface area contributed by atoms with E-state index in [4.69, 9.17) is 4.74 Å². The maximum Gasteiger partial charge on any atom is 0.119 e. The second-order valence-electron chi connectivity index (χ2n) is 5.29. The second-order valence-corrected chi connectivity index (χ2v) is 5.29. The summed E-state index contributed by atoms with van der Waals surface area (Å²) in [6.07, 6.45) is 7.74. The quantitative estimate of drug-likeness (QED) is 0.745. The lowest BCUT2D eigenvalue weighted by Crippen LogP contribution is -1.96. The molecule has 1 aliphatic rings. The Hall–Kier alpha value is -2.28. The third-order valence-corrected chi connectivity index (χ3v) is 3.60. The maximum absolute atomic E-state index is 5.81. The molecule has 2 aromatic rings. The van der Waals surface area contributed by atoms with E-state index in [1.54, 1.807) is 0 Å². The molecule has 0 aliphatic heterocycles. The number of hydrogen-bond acceptors (Lipinski definition) is 1. The van der Waals surface area contributed by atoms with E-state index in [1.807, 2.05) is 30.3 Å². The van der Waals surface area contributed by atoms with Crippen LogP contribution in [0.2, 0.25) is 0 Å². The summed E-state index contributed by atoms with van der Waals surface area (Å²) in [4.78, 5) is 0. The fourth-order valence-electron chi connectivity index (χ4n) is 2.42. The largest absolute Gasteiger partial charge is 0.489 e. The first-order valence-corrected chi connectivity index (χ1v) is 7.30. The van der Waals surface area contributed by atoms with Crippen molar-refractivity contribution in [2.75, 3.05) is 0 Å². The van der Waals surface area contributed by atoms with Crippen molar-refractivity contribution in [2.45, 2.75) is 20.0 Å². The molecule has 0 atom stereocenters. The van der Waals surface area contributed by atoms with Gasteiger partial charge in [-0.2, -0.15) is 0 Å². The number of hydrogen-bond donors (Lipinski definition) is 0. The number of allylic oxidation sites excluding steroid dienone is 4. The molecular weight excluding hydrogens is 256 g/mol. The first-order valence-electron chi connectivity index (χ1n) is 7.30. The van der Waals surface area contributed by atoms with Crippen LogP contribution in [-0.4, -0.2) is 0 Å². The van der Waals surface area contributed by atoms with Crippen LogP contribution in [-0.2, 0) is 6.61 Å². The molecule has 3 rings (SSSR count). The number of benzene rings is 2. The third-order valence-electron chi connectivity index (χ3n) is 3.60. The molecule has 2 aromatic carbocycles. The molecule has 0 saturated carbocycles. The predicted octanol–water partition coefficient (Wildman–Crippen LogP) is 5.20. The van der Waals surface area contributed by atoms with Crippen molar-refractivity contribution >= 4 is 5.57 Å². The van der Waals surface area contributed by atoms with Gasteiger partial charge in [0.15, 0.2) is 0 Å². The van der Waals surface area contributed by atoms with Gasteiger partial charge in [0.05, 0.1) is 0 Å². The lowest BCUT2D eigenvalue weighted by atomic mass is 9.94. The van der Waals surface area contributed by atoms with E-state index in [2.05, 4.69) is 49.8 Å². The molecule has 0 bridgehead atoms. The molecule has 0 amide bonds. The van der Waals surface area contributed by atoms with Crippen LogP contribution in [0.1, 0.15) is 24.5 Å². The van der Waals surface area contributed by atoms with Gasteiger partial charge in [-0.1, -0.05) is 60.2 Å². The normalized spacial score (nSPS) is 14.3. The standard InChI is InChI=1S/C20H19O/c1-16-6-5-9-19(14-16)18-10-12-20(13-11-18)21-15-17-7-3-2-4-8-17/h2-4,6-14H,5,15H2,1H3. The minimum Gasteiger partial charge on any atom is -0.489 e. The molecule has 1 radical (unpaired) electrons. The van der Waals surface area contributed by atoms with E-state index in [-0.39, 0.29) is 0 Å². The van der Waals surface area contributed by atoms with Gasteiger partial charge < -0.3 is 4.74 Å². The van der Waals surface area contributed by atoms with Crippen LogP contribution in [0.3, 0.4) is 0 Å². The number of ether oxygens (including phenoxy) is 1. The lowest BCUT2D eigenvalue weighted by Gasteiger charge is -2.12. The highest BCUT2D eigenvalue weighted by Gasteiger charge is 2.06. The van der Waals surface area contributed by atoms with E-state index in [9.17, 15) is 0 Å². The Balaban J connectivity index is 1.66. The molecular formula is C20H19O. The van der Waals surface area contributed by atoms with Gasteiger partial charge in [0.2, 0.25) is 0 Å². The summed E-state index contributed by atoms with van der Waals surface area (Å²) in [6.45, 7) is 2.75. The minimum absolute atomic E-state index is 0.608. The topological polar surface area (TPSA) is 9.23 Å². The van der Waals surface area contributed by atoms with E-state index in [0.29, 0.717) is 6.61 Å². The summed E-state index contributed by atoms with van der Waals surface area (Å²) in [5, 5.41) is 0. The Bertz CT molecular complexity index is 648. The summed E-state index contributed by atoms with van der Waals surface area (Å²) < 4.78 is 5.81. The summed E-state index contributed by atoms with van der Waals surface area (Å²) in [6, 6.07) is 18.6. The van der Waals surface area contributed by atoms with Gasteiger partial charge in [-0.25, -0.2) is 0 Å². The van der Waals surface area contributed by atoms with Crippen molar-refractivity contribution in [3.63, 3.8) is 0 Å². The van der Waals surface area contributed by atoms with Crippen LogP contribution < -0.4 is 4.74 Å². The van der Waals surface area contributed by atoms with Crippen LogP contribution in [0.25, 0.3) is 5.57 Å². The monoisotopic (exact) mass is 275 g/mol. The van der Waals surface area contributed by atoms with Crippen LogP contribution >= 0.6 is 0 Å². The van der Waals surface area contributed by atoms with E-state index in [0.717, 1.165) is 12.2 Å². The third kappa shape index (κ3) is 3.63. The van der Waals surface area contributed by atoms with Gasteiger partial charge in [-0.3, -0.25) is 0 Å². The fourth-order valence-corrected chi connectivity index (χ4v) is 2.42. The lowest BCUT2D eigenvalue weighted by molar-refractivity contribution is 0.306. The highest BCUT2D eigenvalue weighted by molar-refractivity contribution is 5.75. The number of rotatable bonds is 4. The first-order chi connectivity index (χ1) is 10.3. The van der Waals surface area contributed by atoms with Gasteiger partial charge in [0, 0.05) is 0 Å². The van der Waals surface area contributed by atoms with Gasteiger partial charge in [0.25, 0.3) is 0 Å². The van der Waals surface area contributed by atoms with Crippen LogP contribution in [0.5, 0.6) is 5.75 Å². The minimum atomic E-state index is 0.608. The highest BCUT2D eigenvalue weighted by atomic mass is 16.5. The molecule has 105 valence electrons. The predicted molar refractivity (Wildman–Crippen MR) is 87.9 cm³/mol. The SMILES string of the molecule is CC1=CC[CH]C(c2ccc(OCc3ccccc3)cc2)=C1. The van der Waals surface area contributed by atoms with Crippen LogP contribution in [0.4, 0.5) is 0 Å². The van der Waals surface area contributed by atoms with Crippen molar-refractivity contribution in [1.29, 1.82) is 0 Å². The summed E-state index contributed by atoms with van der Waals surface area (Å²) in [5.41, 5.74) is 5.06. The van der Waals surface area contributed by atoms with Gasteiger partial charge in [-0.05, 0) is 48.6 Å². The molecule has 21 heavy (non-hydrogen) atoms. The van der Waals surface area contributed by atoms with Crippen LogP contribution in [0.15, 0.2) is 72.3 Å². The molecule has 0 saturated heterocycles. The van der Waals surface area contributed by atoms with Crippen molar-refractivity contribution in [3.8, 4) is 5.75 Å². The van der Waals surface area contributed by atoms with Crippen molar-refractivity contribution in [1.82, 2.24) is 0 Å². The first kappa shape index (κ1) is 13.7. The Morgan fingerprint density at radius 2 is 1.71 bits per heavy atom. The molecule has 0 heterocycles. The van der Waals surface area contributed by atoms with Gasteiger partial charge in [0.1, 0.15) is 12.4 Å². The second kappa shape index (κ2) is 6.45.